The van der Waals surface area contributed by atoms with Gasteiger partial charge in [-0.25, -0.2) is 9.97 Å². The molecule has 3 rings (SSSR count). The van der Waals surface area contributed by atoms with Gasteiger partial charge in [-0.3, -0.25) is 9.59 Å². The summed E-state index contributed by atoms with van der Waals surface area (Å²) in [6.07, 6.45) is 6.68. The molecule has 3 heterocycles. The molecule has 7 heteroatoms. The second kappa shape index (κ2) is 10.7. The maximum absolute atomic E-state index is 12.3. The zero-order valence-corrected chi connectivity index (χ0v) is 17.4. The van der Waals surface area contributed by atoms with E-state index in [1.54, 1.807) is 19.4 Å². The predicted molar refractivity (Wildman–Crippen MR) is 114 cm³/mol. The summed E-state index contributed by atoms with van der Waals surface area (Å²) in [5, 5.41) is 12.5. The van der Waals surface area contributed by atoms with Crippen molar-refractivity contribution in [3.05, 3.63) is 47.3 Å². The molecule has 160 valence electrons. The van der Waals surface area contributed by atoms with Gasteiger partial charge >= 0.3 is 5.97 Å². The van der Waals surface area contributed by atoms with Gasteiger partial charge in [0, 0.05) is 37.3 Å². The number of ketones is 1. The average Bonchev–Trinajstić information content (AvgIpc) is 2.76. The summed E-state index contributed by atoms with van der Waals surface area (Å²) < 4.78 is 5.06. The van der Waals surface area contributed by atoms with Crippen molar-refractivity contribution in [3.8, 4) is 5.88 Å². The zero-order chi connectivity index (χ0) is 21.3. The second-order valence-electron chi connectivity index (χ2n) is 7.70. The maximum Gasteiger partial charge on any atom is 0.303 e. The molecular formula is C23H29N3O4. The summed E-state index contributed by atoms with van der Waals surface area (Å²) in [7, 11) is 1.54. The lowest BCUT2D eigenvalue weighted by Crippen LogP contribution is -2.14. The van der Waals surface area contributed by atoms with E-state index in [1.165, 1.54) is 5.56 Å². The Morgan fingerprint density at radius 1 is 1.23 bits per heavy atom. The number of ether oxygens (including phenoxy) is 1. The van der Waals surface area contributed by atoms with Gasteiger partial charge in [-0.05, 0) is 55.2 Å². The molecular weight excluding hydrogens is 382 g/mol. The monoisotopic (exact) mass is 411 g/mol. The number of nitrogens with one attached hydrogen (secondary N) is 1. The molecule has 1 atom stereocenters. The van der Waals surface area contributed by atoms with Crippen molar-refractivity contribution in [2.45, 2.75) is 57.3 Å². The number of carbonyl (C=O) groups excluding carboxylic acids is 1. The molecule has 2 N–H and O–H groups in total. The molecule has 7 nitrogen and oxygen atoms in total. The van der Waals surface area contributed by atoms with Crippen LogP contribution in [0.15, 0.2) is 30.5 Å². The molecule has 2 aromatic heterocycles. The first-order chi connectivity index (χ1) is 14.5. The topological polar surface area (TPSA) is 101 Å². The van der Waals surface area contributed by atoms with Gasteiger partial charge < -0.3 is 15.2 Å². The van der Waals surface area contributed by atoms with E-state index in [2.05, 4.69) is 21.4 Å². The van der Waals surface area contributed by atoms with E-state index in [0.29, 0.717) is 38.0 Å². The highest BCUT2D eigenvalue weighted by Gasteiger charge is 2.17. The smallest absolute Gasteiger partial charge is 0.303 e. The van der Waals surface area contributed by atoms with Crippen LogP contribution in [0.4, 0.5) is 5.82 Å². The first-order valence-electron chi connectivity index (χ1n) is 10.5. The third-order valence-corrected chi connectivity index (χ3v) is 5.48. The number of methoxy groups -OCH3 is 1. The van der Waals surface area contributed by atoms with Gasteiger partial charge in [-0.2, -0.15) is 0 Å². The number of carboxylic acid groups (broad SMARTS) is 1. The fourth-order valence-corrected chi connectivity index (χ4v) is 3.80. The van der Waals surface area contributed by atoms with Gasteiger partial charge in [0.2, 0.25) is 5.88 Å². The first kappa shape index (κ1) is 21.7. The molecule has 0 amide bonds. The molecule has 0 bridgehead atoms. The van der Waals surface area contributed by atoms with Crippen LogP contribution in [0.1, 0.15) is 61.3 Å². The maximum atomic E-state index is 12.3. The molecule has 2 aromatic rings. The third kappa shape index (κ3) is 6.27. The van der Waals surface area contributed by atoms with E-state index in [0.717, 1.165) is 36.5 Å². The van der Waals surface area contributed by atoms with Crippen LogP contribution in [0, 0.1) is 0 Å². The zero-order valence-electron chi connectivity index (χ0n) is 17.4. The van der Waals surface area contributed by atoms with Crippen molar-refractivity contribution in [2.75, 3.05) is 19.0 Å². The minimum atomic E-state index is -0.853. The Kier molecular flexibility index (Phi) is 7.76. The van der Waals surface area contributed by atoms with Crippen molar-refractivity contribution in [1.82, 2.24) is 9.97 Å². The molecule has 0 aliphatic carbocycles. The van der Waals surface area contributed by atoms with E-state index in [1.807, 2.05) is 12.1 Å². The van der Waals surface area contributed by atoms with Crippen LogP contribution in [-0.2, 0) is 22.4 Å². The predicted octanol–water partition coefficient (Wildman–Crippen LogP) is 3.77. The first-order valence-corrected chi connectivity index (χ1v) is 10.5. The molecule has 1 aliphatic heterocycles. The number of aromatic nitrogens is 2. The van der Waals surface area contributed by atoms with E-state index < -0.39 is 5.97 Å². The minimum Gasteiger partial charge on any atom is -0.481 e. The number of hydrogen-bond acceptors (Lipinski definition) is 6. The number of pyridine rings is 2. The minimum absolute atomic E-state index is 0.0221. The van der Waals surface area contributed by atoms with E-state index >= 15 is 0 Å². The Balaban J connectivity index is 1.47. The number of fused-ring (bicyclic) bond motifs is 1. The Labute approximate surface area is 176 Å². The Bertz CT molecular complexity index is 867. The lowest BCUT2D eigenvalue weighted by atomic mass is 9.91. The summed E-state index contributed by atoms with van der Waals surface area (Å²) in [5.74, 6) is 0.616. The Hall–Kier alpha value is -2.96. The molecule has 0 spiro atoms. The van der Waals surface area contributed by atoms with Crippen LogP contribution in [-0.4, -0.2) is 40.5 Å². The van der Waals surface area contributed by atoms with Crippen LogP contribution < -0.4 is 10.1 Å². The van der Waals surface area contributed by atoms with E-state index in [9.17, 15) is 14.7 Å². The van der Waals surface area contributed by atoms with Gasteiger partial charge in [0.25, 0.3) is 0 Å². The molecule has 0 saturated heterocycles. The van der Waals surface area contributed by atoms with Gasteiger partial charge in [0.1, 0.15) is 11.6 Å². The van der Waals surface area contributed by atoms with Crippen LogP contribution in [0.5, 0.6) is 5.88 Å². The molecule has 0 radical (unpaired) electrons. The van der Waals surface area contributed by atoms with Gasteiger partial charge in [0.15, 0.2) is 0 Å². The van der Waals surface area contributed by atoms with E-state index in [4.69, 9.17) is 4.74 Å². The highest BCUT2D eigenvalue weighted by molar-refractivity contribution is 5.78. The number of carbonyl (C=O) groups is 2. The standard InChI is InChI=1S/C23H29N3O4/c1-30-21-12-8-18(15-25-21)17(14-22(28)29)4-2-6-20(27)11-10-19-9-7-16-5-3-13-24-23(16)26-19/h7-9,12,15,17H,2-6,10-11,13-14H2,1H3,(H,24,26)(H,28,29)/t17-/m0/s1. The average molecular weight is 412 g/mol. The second-order valence-corrected chi connectivity index (χ2v) is 7.70. The number of rotatable bonds is 11. The molecule has 0 fully saturated rings. The van der Waals surface area contributed by atoms with Crippen molar-refractivity contribution in [1.29, 1.82) is 0 Å². The third-order valence-electron chi connectivity index (χ3n) is 5.48. The number of carboxylic acids is 1. The van der Waals surface area contributed by atoms with Crippen LogP contribution in [0.25, 0.3) is 0 Å². The lowest BCUT2D eigenvalue weighted by Gasteiger charge is -2.17. The number of Topliss-reactive ketones (excluding diaryl/α,β-unsaturated/α-hetero) is 1. The van der Waals surface area contributed by atoms with Crippen LogP contribution in [0.2, 0.25) is 0 Å². The van der Waals surface area contributed by atoms with Gasteiger partial charge in [-0.15, -0.1) is 0 Å². The summed E-state index contributed by atoms with van der Waals surface area (Å²) in [4.78, 5) is 32.4. The van der Waals surface area contributed by atoms with E-state index in [-0.39, 0.29) is 18.1 Å². The fraction of sp³-hybridized carbons (Fsp3) is 0.478. The SMILES string of the molecule is COc1ccc([C@@H](CCCC(=O)CCc2ccc3c(n2)NCCC3)CC(=O)O)cn1. The highest BCUT2D eigenvalue weighted by atomic mass is 16.5. The van der Waals surface area contributed by atoms with Gasteiger partial charge in [-0.1, -0.05) is 12.1 Å². The highest BCUT2D eigenvalue weighted by Crippen LogP contribution is 2.27. The van der Waals surface area contributed by atoms with Crippen LogP contribution in [0.3, 0.4) is 0 Å². The summed E-state index contributed by atoms with van der Waals surface area (Å²) in [6, 6.07) is 7.69. The van der Waals surface area contributed by atoms with Crippen molar-refractivity contribution >= 4 is 17.6 Å². The molecule has 30 heavy (non-hydrogen) atoms. The Morgan fingerprint density at radius 3 is 2.83 bits per heavy atom. The lowest BCUT2D eigenvalue weighted by molar-refractivity contribution is -0.137. The van der Waals surface area contributed by atoms with Crippen LogP contribution >= 0.6 is 0 Å². The number of anilines is 1. The summed E-state index contributed by atoms with van der Waals surface area (Å²) in [6.45, 7) is 0.948. The number of aliphatic carboxylic acids is 1. The molecule has 0 aromatic carbocycles. The molecule has 1 aliphatic rings. The normalized spacial score (nSPS) is 13.8. The summed E-state index contributed by atoms with van der Waals surface area (Å²) >= 11 is 0. The largest absolute Gasteiger partial charge is 0.481 e. The number of hydrogen-bond donors (Lipinski definition) is 2. The number of aryl methyl sites for hydroxylation is 2. The Morgan fingerprint density at radius 2 is 2.10 bits per heavy atom. The molecule has 0 unspecified atom stereocenters. The van der Waals surface area contributed by atoms with Crippen molar-refractivity contribution in [3.63, 3.8) is 0 Å². The van der Waals surface area contributed by atoms with Crippen molar-refractivity contribution < 1.29 is 19.4 Å². The molecule has 0 saturated carbocycles. The quantitative estimate of drug-likeness (QED) is 0.580. The number of nitrogens with zero attached hydrogens (tertiary/aromatic N) is 2. The fourth-order valence-electron chi connectivity index (χ4n) is 3.80. The summed E-state index contributed by atoms with van der Waals surface area (Å²) in [5.41, 5.74) is 3.04. The van der Waals surface area contributed by atoms with Crippen molar-refractivity contribution in [2.24, 2.45) is 0 Å². The van der Waals surface area contributed by atoms with Gasteiger partial charge in [0.05, 0.1) is 13.5 Å².